The lowest BCUT2D eigenvalue weighted by Crippen LogP contribution is -2.03. The monoisotopic (exact) mass is 232 g/mol. The van der Waals surface area contributed by atoms with Crippen LogP contribution in [0.15, 0.2) is 30.5 Å². The number of allylic oxidation sites excluding steroid dienone is 1. The Labute approximate surface area is 98.0 Å². The summed E-state index contributed by atoms with van der Waals surface area (Å²) in [6, 6.07) is 7.88. The second-order valence-corrected chi connectivity index (χ2v) is 4.68. The van der Waals surface area contributed by atoms with Crippen LogP contribution in [0.25, 0.3) is 15.8 Å². The van der Waals surface area contributed by atoms with Gasteiger partial charge in [0, 0.05) is 20.3 Å². The van der Waals surface area contributed by atoms with E-state index in [1.807, 2.05) is 43.3 Å². The largest absolute Gasteiger partial charge is 0.383 e. The van der Waals surface area contributed by atoms with Gasteiger partial charge in [-0.15, -0.1) is 11.3 Å². The lowest BCUT2D eigenvalue weighted by Gasteiger charge is -2.04. The maximum Gasteiger partial charge on any atom is 0.154 e. The van der Waals surface area contributed by atoms with Gasteiger partial charge in [0.25, 0.3) is 0 Å². The summed E-state index contributed by atoms with van der Waals surface area (Å²) in [6.45, 7) is 0. The van der Waals surface area contributed by atoms with Gasteiger partial charge in [0.15, 0.2) is 6.29 Å². The Kier molecular flexibility index (Phi) is 3.01. The van der Waals surface area contributed by atoms with Gasteiger partial charge in [-0.25, -0.2) is 4.98 Å². The predicted molar refractivity (Wildman–Crippen MR) is 67.3 cm³/mol. The van der Waals surface area contributed by atoms with E-state index in [-0.39, 0.29) is 0 Å². The molecule has 2 rings (SSSR count). The predicted octanol–water partition coefficient (Wildman–Crippen LogP) is 2.40. The number of hydrogen-bond acceptors (Lipinski definition) is 4. The maximum absolute atomic E-state index is 11.0. The highest BCUT2D eigenvalue weighted by Gasteiger charge is 2.07. The number of fused-ring (bicyclic) bond motifs is 1. The van der Waals surface area contributed by atoms with Crippen molar-refractivity contribution in [2.24, 2.45) is 0 Å². The zero-order chi connectivity index (χ0) is 11.5. The average Bonchev–Trinajstić information content (AvgIpc) is 2.68. The standard InChI is InChI=1S/C12H12N2OS/c1-14(2)7-9(8-15)12-13-10-5-3-4-6-11(10)16-12/h3-8H,1-2H3/b9-7+. The fraction of sp³-hybridized carbons (Fsp3) is 0.167. The molecule has 0 atom stereocenters. The highest BCUT2D eigenvalue weighted by atomic mass is 32.1. The quantitative estimate of drug-likeness (QED) is 0.602. The number of nitrogens with zero attached hydrogens (tertiary/aromatic N) is 2. The van der Waals surface area contributed by atoms with Gasteiger partial charge < -0.3 is 4.90 Å². The van der Waals surface area contributed by atoms with Crippen LogP contribution in [0.2, 0.25) is 0 Å². The SMILES string of the molecule is CN(C)/C=C(\C=O)c1nc2ccccc2s1. The molecule has 0 bridgehead atoms. The number of aromatic nitrogens is 1. The van der Waals surface area contributed by atoms with Crippen LogP contribution in [0, 0.1) is 0 Å². The van der Waals surface area contributed by atoms with Crippen molar-refractivity contribution < 1.29 is 4.79 Å². The Morgan fingerprint density at radius 2 is 2.12 bits per heavy atom. The first kappa shape index (κ1) is 10.8. The van der Waals surface area contributed by atoms with Crippen LogP contribution < -0.4 is 0 Å². The summed E-state index contributed by atoms with van der Waals surface area (Å²) in [5, 5.41) is 0.768. The summed E-state index contributed by atoms with van der Waals surface area (Å²) in [5.74, 6) is 0. The number of hydrogen-bond donors (Lipinski definition) is 0. The van der Waals surface area contributed by atoms with Crippen molar-refractivity contribution in [1.82, 2.24) is 9.88 Å². The summed E-state index contributed by atoms with van der Waals surface area (Å²) in [7, 11) is 3.77. The summed E-state index contributed by atoms with van der Waals surface area (Å²) in [5.41, 5.74) is 1.56. The van der Waals surface area contributed by atoms with Gasteiger partial charge in [0.2, 0.25) is 0 Å². The van der Waals surface area contributed by atoms with Crippen molar-refractivity contribution >= 4 is 33.4 Å². The normalized spacial score (nSPS) is 11.8. The molecule has 1 heterocycles. The molecular formula is C12H12N2OS. The molecule has 0 amide bonds. The van der Waals surface area contributed by atoms with E-state index in [0.717, 1.165) is 21.5 Å². The Balaban J connectivity index is 2.50. The molecule has 0 N–H and O–H groups in total. The molecule has 0 radical (unpaired) electrons. The summed E-state index contributed by atoms with van der Waals surface area (Å²) in [6.07, 6.45) is 2.63. The second-order valence-electron chi connectivity index (χ2n) is 3.65. The van der Waals surface area contributed by atoms with Gasteiger partial charge in [-0.2, -0.15) is 0 Å². The van der Waals surface area contributed by atoms with E-state index in [2.05, 4.69) is 4.98 Å². The number of carbonyl (C=O) groups is 1. The lowest BCUT2D eigenvalue weighted by molar-refractivity contribution is -0.103. The molecule has 3 nitrogen and oxygen atoms in total. The average molecular weight is 232 g/mol. The summed E-state index contributed by atoms with van der Waals surface area (Å²) >= 11 is 1.53. The van der Waals surface area contributed by atoms with Gasteiger partial charge in [-0.1, -0.05) is 12.1 Å². The number of carbonyl (C=O) groups excluding carboxylic acids is 1. The molecule has 0 saturated heterocycles. The summed E-state index contributed by atoms with van der Waals surface area (Å²) in [4.78, 5) is 17.3. The highest BCUT2D eigenvalue weighted by Crippen LogP contribution is 2.25. The molecular weight excluding hydrogens is 220 g/mol. The van der Waals surface area contributed by atoms with Gasteiger partial charge >= 0.3 is 0 Å². The number of benzene rings is 1. The van der Waals surface area contributed by atoms with E-state index in [9.17, 15) is 4.79 Å². The molecule has 4 heteroatoms. The highest BCUT2D eigenvalue weighted by molar-refractivity contribution is 7.19. The molecule has 0 aliphatic carbocycles. The molecule has 2 aromatic rings. The van der Waals surface area contributed by atoms with E-state index in [1.54, 1.807) is 6.20 Å². The van der Waals surface area contributed by atoms with Crippen molar-refractivity contribution in [1.29, 1.82) is 0 Å². The summed E-state index contributed by atoms with van der Waals surface area (Å²) < 4.78 is 1.10. The Morgan fingerprint density at radius 3 is 2.75 bits per heavy atom. The van der Waals surface area contributed by atoms with Crippen LogP contribution in [0.3, 0.4) is 0 Å². The van der Waals surface area contributed by atoms with Crippen molar-refractivity contribution in [3.63, 3.8) is 0 Å². The second kappa shape index (κ2) is 4.45. The third kappa shape index (κ3) is 2.12. The molecule has 16 heavy (non-hydrogen) atoms. The van der Waals surface area contributed by atoms with E-state index < -0.39 is 0 Å². The molecule has 1 aromatic carbocycles. The van der Waals surface area contributed by atoms with Crippen LogP contribution in [0.1, 0.15) is 5.01 Å². The molecule has 0 unspecified atom stereocenters. The number of para-hydroxylation sites is 1. The van der Waals surface area contributed by atoms with Crippen LogP contribution >= 0.6 is 11.3 Å². The van der Waals surface area contributed by atoms with Gasteiger partial charge in [-0.05, 0) is 12.1 Å². The molecule has 1 aromatic heterocycles. The van der Waals surface area contributed by atoms with Gasteiger partial charge in [0.1, 0.15) is 5.01 Å². The number of thiazole rings is 1. The smallest absolute Gasteiger partial charge is 0.154 e. The first-order chi connectivity index (χ1) is 7.70. The minimum Gasteiger partial charge on any atom is -0.383 e. The topological polar surface area (TPSA) is 33.2 Å². The van der Waals surface area contributed by atoms with Crippen LogP contribution in [0.4, 0.5) is 0 Å². The van der Waals surface area contributed by atoms with Crippen molar-refractivity contribution in [2.75, 3.05) is 14.1 Å². The Morgan fingerprint density at radius 1 is 1.38 bits per heavy atom. The fourth-order valence-corrected chi connectivity index (χ4v) is 2.35. The van der Waals surface area contributed by atoms with E-state index in [1.165, 1.54) is 11.3 Å². The zero-order valence-corrected chi connectivity index (χ0v) is 9.99. The van der Waals surface area contributed by atoms with E-state index in [4.69, 9.17) is 0 Å². The first-order valence-corrected chi connectivity index (χ1v) is 5.71. The fourth-order valence-electron chi connectivity index (χ4n) is 1.41. The molecule has 82 valence electrons. The molecule has 0 aliphatic rings. The third-order valence-electron chi connectivity index (χ3n) is 2.07. The molecule has 0 fully saturated rings. The molecule has 0 saturated carbocycles. The third-order valence-corrected chi connectivity index (χ3v) is 3.15. The Hall–Kier alpha value is -1.68. The van der Waals surface area contributed by atoms with E-state index >= 15 is 0 Å². The molecule has 0 aliphatic heterocycles. The first-order valence-electron chi connectivity index (χ1n) is 4.90. The zero-order valence-electron chi connectivity index (χ0n) is 9.18. The number of aldehydes is 1. The van der Waals surface area contributed by atoms with Gasteiger partial charge in [0.05, 0.1) is 15.8 Å². The van der Waals surface area contributed by atoms with E-state index in [0.29, 0.717) is 5.57 Å². The maximum atomic E-state index is 11.0. The number of rotatable bonds is 3. The van der Waals surface area contributed by atoms with Crippen LogP contribution in [0.5, 0.6) is 0 Å². The minimum atomic E-state index is 0.617. The molecule has 0 spiro atoms. The lowest BCUT2D eigenvalue weighted by atomic mass is 10.3. The van der Waals surface area contributed by atoms with Crippen molar-refractivity contribution in [3.8, 4) is 0 Å². The van der Waals surface area contributed by atoms with Crippen LogP contribution in [-0.2, 0) is 4.79 Å². The van der Waals surface area contributed by atoms with Gasteiger partial charge in [-0.3, -0.25) is 4.79 Å². The van der Waals surface area contributed by atoms with Crippen molar-refractivity contribution in [3.05, 3.63) is 35.5 Å². The van der Waals surface area contributed by atoms with Crippen molar-refractivity contribution in [2.45, 2.75) is 0 Å². The minimum absolute atomic E-state index is 0.617. The van der Waals surface area contributed by atoms with Crippen LogP contribution in [-0.4, -0.2) is 30.3 Å². The Bertz CT molecular complexity index is 510.